The fourth-order valence-electron chi connectivity index (χ4n) is 2.81. The fourth-order valence-corrected chi connectivity index (χ4v) is 2.81. The van der Waals surface area contributed by atoms with Gasteiger partial charge in [0, 0.05) is 6.42 Å². The maximum Gasteiger partial charge on any atom is 0.125 e. The smallest absolute Gasteiger partial charge is 0.125 e. The first-order valence-electron chi connectivity index (χ1n) is 6.53. The predicted molar refractivity (Wildman–Crippen MR) is 66.2 cm³/mol. The SMILES string of the molecule is Fc1ccc(OC2COC3(CCNCC3)C2)cc1. The Kier molecular flexibility index (Phi) is 3.22. The van der Waals surface area contributed by atoms with Crippen LogP contribution < -0.4 is 10.1 Å². The molecule has 3 rings (SSSR count). The number of nitrogens with one attached hydrogen (secondary N) is 1. The van der Waals surface area contributed by atoms with Crippen LogP contribution in [0.3, 0.4) is 0 Å². The summed E-state index contributed by atoms with van der Waals surface area (Å²) in [5, 5.41) is 3.34. The van der Waals surface area contributed by atoms with Gasteiger partial charge in [0.05, 0.1) is 12.2 Å². The van der Waals surface area contributed by atoms with Crippen LogP contribution in [0.25, 0.3) is 0 Å². The minimum Gasteiger partial charge on any atom is -0.488 e. The van der Waals surface area contributed by atoms with E-state index in [4.69, 9.17) is 9.47 Å². The molecule has 2 aliphatic rings. The second-order valence-electron chi connectivity index (χ2n) is 5.14. The van der Waals surface area contributed by atoms with Crippen LogP contribution in [0.15, 0.2) is 24.3 Å². The molecule has 2 saturated heterocycles. The summed E-state index contributed by atoms with van der Waals surface area (Å²) in [6, 6.07) is 6.18. The lowest BCUT2D eigenvalue weighted by Crippen LogP contribution is -2.41. The monoisotopic (exact) mass is 251 g/mol. The molecule has 18 heavy (non-hydrogen) atoms. The zero-order valence-corrected chi connectivity index (χ0v) is 10.3. The molecule has 0 bridgehead atoms. The van der Waals surface area contributed by atoms with Crippen molar-refractivity contribution in [2.75, 3.05) is 19.7 Å². The van der Waals surface area contributed by atoms with E-state index in [1.807, 2.05) is 0 Å². The highest BCUT2D eigenvalue weighted by atomic mass is 19.1. The third kappa shape index (κ3) is 2.49. The summed E-state index contributed by atoms with van der Waals surface area (Å²) in [4.78, 5) is 0. The number of halogens is 1. The van der Waals surface area contributed by atoms with E-state index in [0.717, 1.165) is 38.1 Å². The summed E-state index contributed by atoms with van der Waals surface area (Å²) >= 11 is 0. The molecule has 1 aromatic carbocycles. The molecule has 0 aliphatic carbocycles. The average molecular weight is 251 g/mol. The highest BCUT2D eigenvalue weighted by molar-refractivity contribution is 5.22. The lowest BCUT2D eigenvalue weighted by atomic mass is 9.89. The molecule has 0 aromatic heterocycles. The van der Waals surface area contributed by atoms with Crippen molar-refractivity contribution in [3.63, 3.8) is 0 Å². The number of hydrogen-bond donors (Lipinski definition) is 1. The van der Waals surface area contributed by atoms with Gasteiger partial charge in [0.25, 0.3) is 0 Å². The van der Waals surface area contributed by atoms with Crippen LogP contribution in [0.1, 0.15) is 19.3 Å². The second-order valence-corrected chi connectivity index (χ2v) is 5.14. The first-order valence-corrected chi connectivity index (χ1v) is 6.53. The van der Waals surface area contributed by atoms with Crippen molar-refractivity contribution < 1.29 is 13.9 Å². The summed E-state index contributed by atoms with van der Waals surface area (Å²) in [7, 11) is 0. The Morgan fingerprint density at radius 3 is 2.67 bits per heavy atom. The molecule has 1 spiro atoms. The van der Waals surface area contributed by atoms with Crippen molar-refractivity contribution in [1.82, 2.24) is 5.32 Å². The lowest BCUT2D eigenvalue weighted by molar-refractivity contribution is -0.0205. The Bertz CT molecular complexity index is 401. The number of rotatable bonds is 2. The van der Waals surface area contributed by atoms with Crippen LogP contribution >= 0.6 is 0 Å². The minimum atomic E-state index is -0.236. The highest BCUT2D eigenvalue weighted by Crippen LogP contribution is 2.35. The van der Waals surface area contributed by atoms with Gasteiger partial charge in [0.15, 0.2) is 0 Å². The van der Waals surface area contributed by atoms with Gasteiger partial charge in [-0.05, 0) is 50.2 Å². The lowest BCUT2D eigenvalue weighted by Gasteiger charge is -2.32. The molecule has 1 unspecified atom stereocenters. The van der Waals surface area contributed by atoms with Crippen molar-refractivity contribution in [3.8, 4) is 5.75 Å². The van der Waals surface area contributed by atoms with E-state index in [0.29, 0.717) is 6.61 Å². The molecule has 1 atom stereocenters. The first kappa shape index (κ1) is 11.9. The van der Waals surface area contributed by atoms with Gasteiger partial charge in [-0.1, -0.05) is 0 Å². The molecule has 2 fully saturated rings. The van der Waals surface area contributed by atoms with Crippen LogP contribution in [0.4, 0.5) is 4.39 Å². The minimum absolute atomic E-state index is 0.00987. The van der Waals surface area contributed by atoms with Crippen molar-refractivity contribution in [2.45, 2.75) is 31.0 Å². The van der Waals surface area contributed by atoms with E-state index in [1.54, 1.807) is 12.1 Å². The van der Waals surface area contributed by atoms with Crippen molar-refractivity contribution >= 4 is 0 Å². The Morgan fingerprint density at radius 1 is 1.22 bits per heavy atom. The van der Waals surface area contributed by atoms with Gasteiger partial charge in [-0.25, -0.2) is 4.39 Å². The standard InChI is InChI=1S/C14H18FNO2/c15-11-1-3-12(4-2-11)18-13-9-14(17-10-13)5-7-16-8-6-14/h1-4,13,16H,5-10H2. The zero-order valence-electron chi connectivity index (χ0n) is 10.3. The second kappa shape index (κ2) is 4.86. The highest BCUT2D eigenvalue weighted by Gasteiger charge is 2.42. The molecule has 0 radical (unpaired) electrons. The molecule has 4 heteroatoms. The van der Waals surface area contributed by atoms with E-state index in [2.05, 4.69) is 5.32 Å². The first-order chi connectivity index (χ1) is 8.76. The summed E-state index contributed by atoms with van der Waals surface area (Å²) in [6.45, 7) is 2.67. The van der Waals surface area contributed by atoms with Crippen molar-refractivity contribution in [1.29, 1.82) is 0 Å². The number of hydrogen-bond acceptors (Lipinski definition) is 3. The molecule has 0 amide bonds. The topological polar surface area (TPSA) is 30.5 Å². The van der Waals surface area contributed by atoms with Gasteiger partial charge >= 0.3 is 0 Å². The van der Waals surface area contributed by atoms with Gasteiger partial charge < -0.3 is 14.8 Å². The Labute approximate surface area is 106 Å². The quantitative estimate of drug-likeness (QED) is 0.873. The molecule has 2 heterocycles. The van der Waals surface area contributed by atoms with E-state index >= 15 is 0 Å². The summed E-state index contributed by atoms with van der Waals surface area (Å²) in [5.74, 6) is 0.482. The van der Waals surface area contributed by atoms with E-state index < -0.39 is 0 Å². The number of piperidine rings is 1. The molecule has 1 N–H and O–H groups in total. The van der Waals surface area contributed by atoms with Crippen LogP contribution in [-0.2, 0) is 4.74 Å². The van der Waals surface area contributed by atoms with Crippen molar-refractivity contribution in [3.05, 3.63) is 30.1 Å². The Hall–Kier alpha value is -1.13. The molecule has 98 valence electrons. The van der Waals surface area contributed by atoms with Gasteiger partial charge in [-0.3, -0.25) is 0 Å². The third-order valence-electron chi connectivity index (χ3n) is 3.81. The van der Waals surface area contributed by atoms with E-state index in [9.17, 15) is 4.39 Å². The summed E-state index contributed by atoms with van der Waals surface area (Å²) in [6.07, 6.45) is 3.13. The Balaban J connectivity index is 1.60. The molecular weight excluding hydrogens is 233 g/mol. The predicted octanol–water partition coefficient (Wildman–Crippen LogP) is 2.12. The molecule has 0 saturated carbocycles. The van der Waals surface area contributed by atoms with E-state index in [-0.39, 0.29) is 17.5 Å². The average Bonchev–Trinajstić information content (AvgIpc) is 2.76. The summed E-state index contributed by atoms with van der Waals surface area (Å²) in [5.41, 5.74) is 0.00987. The van der Waals surface area contributed by atoms with Crippen LogP contribution in [-0.4, -0.2) is 31.4 Å². The van der Waals surface area contributed by atoms with Gasteiger partial charge in [-0.15, -0.1) is 0 Å². The molecule has 3 nitrogen and oxygen atoms in total. The van der Waals surface area contributed by atoms with Crippen molar-refractivity contribution in [2.24, 2.45) is 0 Å². The van der Waals surface area contributed by atoms with Crippen LogP contribution in [0.5, 0.6) is 5.75 Å². The maximum absolute atomic E-state index is 12.8. The van der Waals surface area contributed by atoms with E-state index in [1.165, 1.54) is 12.1 Å². The van der Waals surface area contributed by atoms with Gasteiger partial charge in [0.2, 0.25) is 0 Å². The molecular formula is C14H18FNO2. The largest absolute Gasteiger partial charge is 0.488 e. The number of ether oxygens (including phenoxy) is 2. The summed E-state index contributed by atoms with van der Waals surface area (Å²) < 4.78 is 24.6. The Morgan fingerprint density at radius 2 is 1.94 bits per heavy atom. The number of benzene rings is 1. The fraction of sp³-hybridized carbons (Fsp3) is 0.571. The van der Waals surface area contributed by atoms with Gasteiger partial charge in [-0.2, -0.15) is 0 Å². The van der Waals surface area contributed by atoms with Gasteiger partial charge in [0.1, 0.15) is 17.7 Å². The van der Waals surface area contributed by atoms with Crippen LogP contribution in [0.2, 0.25) is 0 Å². The third-order valence-corrected chi connectivity index (χ3v) is 3.81. The van der Waals surface area contributed by atoms with Crippen LogP contribution in [0, 0.1) is 5.82 Å². The normalized spacial score (nSPS) is 26.4. The zero-order chi connectivity index (χ0) is 12.4. The maximum atomic E-state index is 12.8. The molecule has 1 aromatic rings. The molecule has 2 aliphatic heterocycles.